The first-order valence-corrected chi connectivity index (χ1v) is 9.45. The first-order valence-electron chi connectivity index (χ1n) is 7.80. The summed E-state index contributed by atoms with van der Waals surface area (Å²) >= 11 is 0. The largest absolute Gasteiger partial charge is 0.317 e. The molecule has 4 nitrogen and oxygen atoms in total. The van der Waals surface area contributed by atoms with Gasteiger partial charge >= 0.3 is 0 Å². The Morgan fingerprint density at radius 2 is 1.90 bits per heavy atom. The summed E-state index contributed by atoms with van der Waals surface area (Å²) in [6.07, 6.45) is 3.64. The van der Waals surface area contributed by atoms with Gasteiger partial charge in [-0.05, 0) is 57.2 Å². The van der Waals surface area contributed by atoms with E-state index >= 15 is 0 Å². The van der Waals surface area contributed by atoms with Gasteiger partial charge in [-0.2, -0.15) is 0 Å². The van der Waals surface area contributed by atoms with Gasteiger partial charge in [0.25, 0.3) is 0 Å². The summed E-state index contributed by atoms with van der Waals surface area (Å²) in [5.74, 6) is 0.565. The molecule has 21 heavy (non-hydrogen) atoms. The molecule has 1 saturated heterocycles. The minimum atomic E-state index is -3.16. The Morgan fingerprint density at radius 3 is 2.57 bits per heavy atom. The van der Waals surface area contributed by atoms with Crippen molar-refractivity contribution in [3.05, 3.63) is 35.9 Å². The highest BCUT2D eigenvalue weighted by atomic mass is 32.2. The molecule has 2 N–H and O–H groups in total. The van der Waals surface area contributed by atoms with Crippen LogP contribution in [-0.4, -0.2) is 33.3 Å². The smallest absolute Gasteiger partial charge is 0.212 e. The number of nitrogens with one attached hydrogen (secondary N) is 2. The SMILES string of the molecule is CC(CCc1ccccc1)NS(=O)(=O)CC1CCNCC1. The Balaban J connectivity index is 1.76. The van der Waals surface area contributed by atoms with Gasteiger partial charge in [0, 0.05) is 6.04 Å². The van der Waals surface area contributed by atoms with Crippen LogP contribution in [0.25, 0.3) is 0 Å². The van der Waals surface area contributed by atoms with Crippen LogP contribution in [0.1, 0.15) is 31.7 Å². The zero-order valence-corrected chi connectivity index (χ0v) is 13.5. The number of hydrogen-bond donors (Lipinski definition) is 2. The van der Waals surface area contributed by atoms with Crippen LogP contribution in [0.5, 0.6) is 0 Å². The summed E-state index contributed by atoms with van der Waals surface area (Å²) in [6, 6.07) is 10.2. The molecule has 1 aliphatic heterocycles. The lowest BCUT2D eigenvalue weighted by Gasteiger charge is -2.23. The molecule has 5 heteroatoms. The van der Waals surface area contributed by atoms with Gasteiger partial charge in [0.1, 0.15) is 0 Å². The molecular weight excluding hydrogens is 284 g/mol. The molecule has 0 bridgehead atoms. The quantitative estimate of drug-likeness (QED) is 0.809. The number of hydrogen-bond acceptors (Lipinski definition) is 3. The van der Waals surface area contributed by atoms with E-state index in [1.807, 2.05) is 25.1 Å². The second-order valence-electron chi connectivity index (χ2n) is 6.02. The lowest BCUT2D eigenvalue weighted by atomic mass is 10.0. The van der Waals surface area contributed by atoms with E-state index in [4.69, 9.17) is 0 Å². The summed E-state index contributed by atoms with van der Waals surface area (Å²) in [7, 11) is -3.16. The lowest BCUT2D eigenvalue weighted by molar-refractivity contribution is 0.399. The van der Waals surface area contributed by atoms with Gasteiger partial charge in [-0.3, -0.25) is 0 Å². The molecule has 1 aromatic rings. The van der Waals surface area contributed by atoms with Crippen molar-refractivity contribution in [3.63, 3.8) is 0 Å². The second-order valence-corrected chi connectivity index (χ2v) is 7.82. The van der Waals surface area contributed by atoms with Crippen molar-refractivity contribution in [2.45, 2.75) is 38.6 Å². The average molecular weight is 310 g/mol. The third-order valence-electron chi connectivity index (χ3n) is 4.00. The van der Waals surface area contributed by atoms with Crippen molar-refractivity contribution in [1.29, 1.82) is 0 Å². The maximum atomic E-state index is 12.2. The highest BCUT2D eigenvalue weighted by Gasteiger charge is 2.22. The summed E-state index contributed by atoms with van der Waals surface area (Å²) < 4.78 is 27.2. The van der Waals surface area contributed by atoms with Crippen molar-refractivity contribution in [2.24, 2.45) is 5.92 Å². The Labute approximate surface area is 128 Å². The lowest BCUT2D eigenvalue weighted by Crippen LogP contribution is -2.39. The van der Waals surface area contributed by atoms with E-state index < -0.39 is 10.0 Å². The van der Waals surface area contributed by atoms with Crippen molar-refractivity contribution in [3.8, 4) is 0 Å². The van der Waals surface area contributed by atoms with Crippen molar-refractivity contribution < 1.29 is 8.42 Å². The topological polar surface area (TPSA) is 58.2 Å². The van der Waals surface area contributed by atoms with Gasteiger partial charge in [-0.15, -0.1) is 0 Å². The fraction of sp³-hybridized carbons (Fsp3) is 0.625. The summed E-state index contributed by atoms with van der Waals surface area (Å²) in [6.45, 7) is 3.82. The van der Waals surface area contributed by atoms with Gasteiger partial charge in [-0.1, -0.05) is 30.3 Å². The molecule has 118 valence electrons. The summed E-state index contributed by atoms with van der Waals surface area (Å²) in [5, 5.41) is 3.26. The number of sulfonamides is 1. The Morgan fingerprint density at radius 1 is 1.24 bits per heavy atom. The fourth-order valence-electron chi connectivity index (χ4n) is 2.80. The van der Waals surface area contributed by atoms with Crippen LogP contribution in [0.4, 0.5) is 0 Å². The molecule has 1 atom stereocenters. The van der Waals surface area contributed by atoms with Crippen LogP contribution in [0, 0.1) is 5.92 Å². The molecule has 1 aliphatic rings. The molecule has 0 amide bonds. The molecule has 1 heterocycles. The highest BCUT2D eigenvalue weighted by molar-refractivity contribution is 7.89. The molecule has 0 spiro atoms. The van der Waals surface area contributed by atoms with Crippen LogP contribution in [0.15, 0.2) is 30.3 Å². The van der Waals surface area contributed by atoms with E-state index in [9.17, 15) is 8.42 Å². The van der Waals surface area contributed by atoms with Crippen molar-refractivity contribution >= 4 is 10.0 Å². The van der Waals surface area contributed by atoms with Gasteiger partial charge in [0.05, 0.1) is 5.75 Å². The second kappa shape index (κ2) is 7.92. The van der Waals surface area contributed by atoms with Crippen LogP contribution in [0.2, 0.25) is 0 Å². The molecule has 1 unspecified atom stereocenters. The molecule has 2 rings (SSSR count). The zero-order valence-electron chi connectivity index (χ0n) is 12.7. The monoisotopic (exact) mass is 310 g/mol. The van der Waals surface area contributed by atoms with E-state index in [1.54, 1.807) is 0 Å². The molecule has 1 fully saturated rings. The van der Waals surface area contributed by atoms with E-state index in [-0.39, 0.29) is 11.8 Å². The Kier molecular flexibility index (Phi) is 6.21. The van der Waals surface area contributed by atoms with Gasteiger partial charge < -0.3 is 5.32 Å². The molecular formula is C16H26N2O2S. The van der Waals surface area contributed by atoms with Crippen LogP contribution >= 0.6 is 0 Å². The molecule has 0 aromatic heterocycles. The third kappa shape index (κ3) is 6.16. The normalized spacial score (nSPS) is 18.5. The number of piperidine rings is 1. The van der Waals surface area contributed by atoms with E-state index in [0.717, 1.165) is 38.8 Å². The average Bonchev–Trinajstić information content (AvgIpc) is 2.46. The fourth-order valence-corrected chi connectivity index (χ4v) is 4.58. The third-order valence-corrected chi connectivity index (χ3v) is 5.68. The van der Waals surface area contributed by atoms with Crippen LogP contribution in [-0.2, 0) is 16.4 Å². The van der Waals surface area contributed by atoms with E-state index in [2.05, 4.69) is 22.2 Å². The van der Waals surface area contributed by atoms with Gasteiger partial charge in [0.2, 0.25) is 10.0 Å². The minimum Gasteiger partial charge on any atom is -0.317 e. The van der Waals surface area contributed by atoms with Crippen LogP contribution < -0.4 is 10.0 Å². The molecule has 0 saturated carbocycles. The van der Waals surface area contributed by atoms with Gasteiger partial charge in [0.15, 0.2) is 0 Å². The zero-order chi connectivity index (χ0) is 15.1. The van der Waals surface area contributed by atoms with Crippen molar-refractivity contribution in [1.82, 2.24) is 10.0 Å². The van der Waals surface area contributed by atoms with E-state index in [1.165, 1.54) is 5.56 Å². The predicted molar refractivity (Wildman–Crippen MR) is 86.7 cm³/mol. The number of benzene rings is 1. The highest BCUT2D eigenvalue weighted by Crippen LogP contribution is 2.14. The van der Waals surface area contributed by atoms with E-state index in [0.29, 0.717) is 5.92 Å². The summed E-state index contributed by atoms with van der Waals surface area (Å²) in [5.41, 5.74) is 1.25. The summed E-state index contributed by atoms with van der Waals surface area (Å²) in [4.78, 5) is 0. The van der Waals surface area contributed by atoms with Crippen LogP contribution in [0.3, 0.4) is 0 Å². The first kappa shape index (κ1) is 16.5. The molecule has 1 aromatic carbocycles. The minimum absolute atomic E-state index is 0.0167. The standard InChI is InChI=1S/C16H26N2O2S/c1-14(7-8-15-5-3-2-4-6-15)18-21(19,20)13-16-9-11-17-12-10-16/h2-6,14,16-18H,7-13H2,1H3. The van der Waals surface area contributed by atoms with Gasteiger partial charge in [-0.25, -0.2) is 13.1 Å². The predicted octanol–water partition coefficient (Wildman–Crippen LogP) is 1.93. The molecule has 0 aliphatic carbocycles. The Hall–Kier alpha value is -0.910. The van der Waals surface area contributed by atoms with Crippen molar-refractivity contribution in [2.75, 3.05) is 18.8 Å². The molecule has 0 radical (unpaired) electrons. The number of aryl methyl sites for hydroxylation is 1. The Bertz CT molecular complexity index is 510. The maximum Gasteiger partial charge on any atom is 0.212 e. The first-order chi connectivity index (χ1) is 10.1. The number of rotatable bonds is 7. The maximum absolute atomic E-state index is 12.2.